The van der Waals surface area contributed by atoms with E-state index in [1.54, 1.807) is 112 Å². The smallest absolute Gasteiger partial charge is 0.281 e. The lowest BCUT2D eigenvalue weighted by atomic mass is 10.1. The Labute approximate surface area is 356 Å². The van der Waals surface area contributed by atoms with Gasteiger partial charge in [-0.25, -0.2) is 28.0 Å². The van der Waals surface area contributed by atoms with E-state index in [1.165, 1.54) is 18.6 Å². The zero-order valence-electron chi connectivity index (χ0n) is 36.8. The molecule has 0 radical (unpaired) electrons. The number of aromatic nitrogens is 7. The van der Waals surface area contributed by atoms with Crippen LogP contribution in [-0.2, 0) is 56.3 Å². The second kappa shape index (κ2) is 16.5. The van der Waals surface area contributed by atoms with Crippen LogP contribution in [0.15, 0.2) is 58.5 Å². The Morgan fingerprint density at radius 1 is 0.742 bits per heavy atom. The van der Waals surface area contributed by atoms with Gasteiger partial charge >= 0.3 is 27.5 Å². The highest BCUT2D eigenvalue weighted by atomic mass is 31.2. The lowest BCUT2D eigenvalue weighted by molar-refractivity contribution is -0.141. The summed E-state index contributed by atoms with van der Waals surface area (Å²) in [5, 5.41) is 8.96. The van der Waals surface area contributed by atoms with Gasteiger partial charge in [0.2, 0.25) is 0 Å². The molecule has 17 nitrogen and oxygen atoms in total. The highest BCUT2D eigenvalue weighted by Crippen LogP contribution is 2.57. The Hall–Kier alpha value is -4.00. The maximum Gasteiger partial charge on any atom is 0.477 e. The van der Waals surface area contributed by atoms with Gasteiger partial charge in [0.1, 0.15) is 20.0 Å². The first kappa shape index (κ1) is 47.5. The van der Waals surface area contributed by atoms with Crippen LogP contribution in [0.3, 0.4) is 0 Å². The number of fused-ring (bicyclic) bond motifs is 2. The van der Waals surface area contributed by atoms with Crippen molar-refractivity contribution in [3.8, 4) is 11.3 Å². The average molecular weight is 912 g/mol. The van der Waals surface area contributed by atoms with Crippen LogP contribution in [0.4, 0.5) is 13.2 Å². The summed E-state index contributed by atoms with van der Waals surface area (Å²) in [6, 6.07) is 8.54. The molecular weight excluding hydrogens is 857 g/mol. The lowest BCUT2D eigenvalue weighted by Crippen LogP contribution is -2.41. The quantitative estimate of drug-likeness (QED) is 0.0962. The van der Waals surface area contributed by atoms with Gasteiger partial charge in [-0.2, -0.15) is 23.4 Å². The van der Waals surface area contributed by atoms with Crippen molar-refractivity contribution in [3.63, 3.8) is 0 Å². The molecule has 4 aromatic heterocycles. The number of alkyl halides is 3. The SMILES string of the molecule is CC(C)(C)OP(=O)(OCn1cc(-c2cc([C@@H]3C[C@H]3c3ccc4cnn(CC(F)(F)F)c4c3)n3nccc3n2)c(=O)n(COP(=O)(OC(C)(C)C)OC(C)(C)C)c1=O)OC(C)(C)C. The van der Waals surface area contributed by atoms with E-state index in [1.807, 2.05) is 6.07 Å². The van der Waals surface area contributed by atoms with Gasteiger partial charge in [-0.3, -0.25) is 41.2 Å². The Morgan fingerprint density at radius 3 is 1.85 bits per heavy atom. The van der Waals surface area contributed by atoms with Gasteiger partial charge < -0.3 is 0 Å². The molecule has 5 aromatic rings. The minimum absolute atomic E-state index is 0.102. The van der Waals surface area contributed by atoms with E-state index < -0.39 is 75.5 Å². The van der Waals surface area contributed by atoms with E-state index in [0.717, 1.165) is 14.8 Å². The largest absolute Gasteiger partial charge is 0.477 e. The average Bonchev–Trinajstić information content (AvgIpc) is 3.55. The Kier molecular flexibility index (Phi) is 12.7. The molecule has 62 heavy (non-hydrogen) atoms. The molecule has 2 atom stereocenters. The van der Waals surface area contributed by atoms with E-state index in [9.17, 15) is 31.9 Å². The second-order valence-electron chi connectivity index (χ2n) is 19.1. The molecule has 0 N–H and O–H groups in total. The Balaban J connectivity index is 1.44. The number of phosphoric acid groups is 2. The molecule has 340 valence electrons. The highest BCUT2D eigenvalue weighted by Gasteiger charge is 2.43. The number of hydrogen-bond acceptors (Lipinski definition) is 13. The van der Waals surface area contributed by atoms with Gasteiger partial charge in [-0.05, 0) is 113 Å². The van der Waals surface area contributed by atoms with Crippen LogP contribution in [0.5, 0.6) is 0 Å². The van der Waals surface area contributed by atoms with Gasteiger partial charge in [-0.15, -0.1) is 0 Å². The summed E-state index contributed by atoms with van der Waals surface area (Å²) in [4.78, 5) is 33.4. The molecule has 1 fully saturated rings. The molecule has 0 aliphatic heterocycles. The molecule has 0 unspecified atom stereocenters. The van der Waals surface area contributed by atoms with Crippen molar-refractivity contribution in [2.45, 2.75) is 150 Å². The van der Waals surface area contributed by atoms with E-state index in [-0.39, 0.29) is 23.1 Å². The van der Waals surface area contributed by atoms with E-state index in [0.29, 0.717) is 33.2 Å². The molecule has 1 aliphatic rings. The summed E-state index contributed by atoms with van der Waals surface area (Å²) in [7, 11) is -8.87. The molecule has 1 saturated carbocycles. The van der Waals surface area contributed by atoms with Gasteiger partial charge in [0.15, 0.2) is 5.65 Å². The molecular formula is C40H54F3N7O10P2. The van der Waals surface area contributed by atoms with Crippen LogP contribution in [0.25, 0.3) is 27.8 Å². The number of nitrogens with zero attached hydrogens (tertiary/aromatic N) is 7. The van der Waals surface area contributed by atoms with Crippen LogP contribution < -0.4 is 11.2 Å². The van der Waals surface area contributed by atoms with Crippen molar-refractivity contribution >= 4 is 32.2 Å². The molecule has 1 aromatic carbocycles. The van der Waals surface area contributed by atoms with Crippen molar-refractivity contribution in [1.29, 1.82) is 0 Å². The Bertz CT molecular complexity index is 2640. The Morgan fingerprint density at radius 2 is 1.31 bits per heavy atom. The first-order valence-electron chi connectivity index (χ1n) is 19.8. The summed E-state index contributed by atoms with van der Waals surface area (Å²) < 4.78 is 107. The fraction of sp³-hybridized carbons (Fsp3) is 0.575. The third kappa shape index (κ3) is 12.0. The van der Waals surface area contributed by atoms with E-state index in [4.69, 9.17) is 32.1 Å². The van der Waals surface area contributed by atoms with Crippen molar-refractivity contribution in [3.05, 3.63) is 81.0 Å². The van der Waals surface area contributed by atoms with E-state index in [2.05, 4.69) is 10.2 Å². The maximum atomic E-state index is 14.5. The topological polar surface area (TPSA) is 182 Å². The molecule has 6 rings (SSSR count). The standard InChI is InChI=1S/C40H54F3N7O10P2/c1-36(2,3)57-61(53,58-37(4,5)6)55-23-47-21-29(34(51)48(35(47)52)24-56-62(54,59-38(7,8)9)60-39(10,11)12)30-19-32(50-33(46-30)15-16-44-50)28-18-27(28)25-13-14-26-20-45-49(31(26)17-25)22-40(41,42)43/h13-17,19-21,27-28H,18,22-24H2,1-12H3/t27-,28+/m0/s1. The van der Waals surface area contributed by atoms with Gasteiger partial charge in [-0.1, -0.05) is 12.1 Å². The maximum absolute atomic E-state index is 14.5. The summed E-state index contributed by atoms with van der Waals surface area (Å²) in [6.45, 7) is 16.8. The van der Waals surface area contributed by atoms with Gasteiger partial charge in [0.05, 0.1) is 57.3 Å². The normalized spacial score (nSPS) is 17.1. The molecule has 22 heteroatoms. The third-order valence-electron chi connectivity index (χ3n) is 8.74. The summed E-state index contributed by atoms with van der Waals surface area (Å²) in [6.07, 6.45) is 0.239. The molecule has 0 saturated heterocycles. The first-order chi connectivity index (χ1) is 28.3. The number of phosphoric ester groups is 2. The lowest BCUT2D eigenvalue weighted by Gasteiger charge is -2.31. The van der Waals surface area contributed by atoms with E-state index >= 15 is 0 Å². The van der Waals surface area contributed by atoms with Crippen LogP contribution in [0.2, 0.25) is 0 Å². The summed E-state index contributed by atoms with van der Waals surface area (Å²) in [5.41, 5.74) is -3.95. The van der Waals surface area contributed by atoms with Crippen LogP contribution in [-0.4, -0.2) is 62.1 Å². The fourth-order valence-corrected chi connectivity index (χ4v) is 10.1. The summed E-state index contributed by atoms with van der Waals surface area (Å²) >= 11 is 0. The number of hydrogen-bond donors (Lipinski definition) is 0. The minimum Gasteiger partial charge on any atom is -0.281 e. The third-order valence-corrected chi connectivity index (χ3v) is 12.7. The van der Waals surface area contributed by atoms with Crippen molar-refractivity contribution in [1.82, 2.24) is 33.5 Å². The number of benzene rings is 1. The van der Waals surface area contributed by atoms with Gasteiger partial charge in [0.25, 0.3) is 5.56 Å². The summed E-state index contributed by atoms with van der Waals surface area (Å²) in [5.74, 6) is -0.344. The highest BCUT2D eigenvalue weighted by molar-refractivity contribution is 7.48. The molecule has 4 heterocycles. The molecule has 1 aliphatic carbocycles. The zero-order valence-corrected chi connectivity index (χ0v) is 38.6. The van der Waals surface area contributed by atoms with Crippen molar-refractivity contribution < 1.29 is 49.4 Å². The second-order valence-corrected chi connectivity index (χ2v) is 22.1. The predicted octanol–water partition coefficient (Wildman–Crippen LogP) is 9.33. The minimum atomic E-state index is -4.47. The first-order valence-corrected chi connectivity index (χ1v) is 22.8. The monoisotopic (exact) mass is 911 g/mol. The van der Waals surface area contributed by atoms with Crippen molar-refractivity contribution in [2.24, 2.45) is 0 Å². The number of rotatable bonds is 14. The van der Waals surface area contributed by atoms with Gasteiger partial charge in [0, 0.05) is 23.6 Å². The van der Waals surface area contributed by atoms with Crippen LogP contribution >= 0.6 is 15.6 Å². The molecule has 0 bridgehead atoms. The predicted molar refractivity (Wildman–Crippen MR) is 224 cm³/mol. The van der Waals surface area contributed by atoms with Crippen molar-refractivity contribution in [2.75, 3.05) is 0 Å². The number of halogens is 3. The zero-order chi connectivity index (χ0) is 46.0. The fourth-order valence-electron chi connectivity index (χ4n) is 6.62. The molecule has 0 amide bonds. The van der Waals surface area contributed by atoms with Crippen LogP contribution in [0.1, 0.15) is 113 Å². The van der Waals surface area contributed by atoms with Crippen LogP contribution in [0, 0.1) is 0 Å². The molecule has 0 spiro atoms.